The number of guanidine groups is 1. The van der Waals surface area contributed by atoms with E-state index in [-0.39, 0.29) is 5.54 Å². The third-order valence-corrected chi connectivity index (χ3v) is 7.01. The molecule has 0 bridgehead atoms. The molecule has 4 rings (SSSR count). The molecule has 2 aliphatic heterocycles. The van der Waals surface area contributed by atoms with Crippen molar-refractivity contribution in [3.05, 3.63) is 30.5 Å². The van der Waals surface area contributed by atoms with Gasteiger partial charge < -0.3 is 15.6 Å². The standard InChI is InChI=1S/C16H21N5O2S/c1-20-7-4-12-10-13(2-3-14(12)20)24(22,23)21-8-5-16(6-9-21)11-18-15(17)19-16/h2-4,7,10H,5-6,8-9,11H2,1H3,(H3,17,18,19). The van der Waals surface area contributed by atoms with Crippen molar-refractivity contribution in [2.24, 2.45) is 17.8 Å². The van der Waals surface area contributed by atoms with E-state index in [9.17, 15) is 8.42 Å². The number of hydrogen-bond acceptors (Lipinski definition) is 5. The van der Waals surface area contributed by atoms with Crippen LogP contribution in [0.15, 0.2) is 40.4 Å². The molecule has 0 amide bonds. The van der Waals surface area contributed by atoms with Gasteiger partial charge >= 0.3 is 0 Å². The second kappa shape index (κ2) is 5.22. The maximum absolute atomic E-state index is 13.0. The molecule has 8 heteroatoms. The third-order valence-electron chi connectivity index (χ3n) is 5.12. The number of hydrogen-bond donors (Lipinski definition) is 2. The van der Waals surface area contributed by atoms with Crippen LogP contribution in [0, 0.1) is 0 Å². The van der Waals surface area contributed by atoms with E-state index < -0.39 is 10.0 Å². The molecule has 0 atom stereocenters. The summed E-state index contributed by atoms with van der Waals surface area (Å²) in [5.41, 5.74) is 6.57. The van der Waals surface area contributed by atoms with Gasteiger partial charge in [0.25, 0.3) is 0 Å². The molecular weight excluding hydrogens is 326 g/mol. The highest BCUT2D eigenvalue weighted by atomic mass is 32.2. The summed E-state index contributed by atoms with van der Waals surface area (Å²) < 4.78 is 29.4. The number of aryl methyl sites for hydroxylation is 1. The molecule has 3 heterocycles. The van der Waals surface area contributed by atoms with Crippen LogP contribution in [-0.2, 0) is 17.1 Å². The van der Waals surface area contributed by atoms with E-state index >= 15 is 0 Å². The van der Waals surface area contributed by atoms with Crippen LogP contribution >= 0.6 is 0 Å². The first-order valence-corrected chi connectivity index (χ1v) is 9.47. The number of nitrogens with zero attached hydrogens (tertiary/aromatic N) is 3. The lowest BCUT2D eigenvalue weighted by Crippen LogP contribution is -2.55. The number of rotatable bonds is 2. The summed E-state index contributed by atoms with van der Waals surface area (Å²) in [5.74, 6) is 0.459. The Bertz CT molecular complexity index is 923. The summed E-state index contributed by atoms with van der Waals surface area (Å²) in [4.78, 5) is 4.56. The molecule has 1 aromatic heterocycles. The first-order valence-electron chi connectivity index (χ1n) is 8.03. The molecule has 2 aromatic rings. The molecule has 0 aliphatic carbocycles. The Morgan fingerprint density at radius 2 is 2.00 bits per heavy atom. The van der Waals surface area contributed by atoms with Gasteiger partial charge in [-0.15, -0.1) is 0 Å². The average Bonchev–Trinajstić information content (AvgIpc) is 3.11. The van der Waals surface area contributed by atoms with Gasteiger partial charge in [0, 0.05) is 37.2 Å². The number of piperidine rings is 1. The van der Waals surface area contributed by atoms with E-state index in [1.165, 1.54) is 0 Å². The Morgan fingerprint density at radius 3 is 2.67 bits per heavy atom. The molecule has 24 heavy (non-hydrogen) atoms. The number of aromatic nitrogens is 1. The Morgan fingerprint density at radius 1 is 1.25 bits per heavy atom. The smallest absolute Gasteiger partial charge is 0.243 e. The van der Waals surface area contributed by atoms with Crippen molar-refractivity contribution in [1.82, 2.24) is 14.2 Å². The number of benzene rings is 1. The summed E-state index contributed by atoms with van der Waals surface area (Å²) in [5, 5.41) is 4.15. The molecule has 3 N–H and O–H groups in total. The van der Waals surface area contributed by atoms with Gasteiger partial charge in [-0.05, 0) is 37.1 Å². The Kier molecular flexibility index (Phi) is 3.36. The Labute approximate surface area is 141 Å². The number of nitrogens with two attached hydrogens (primary N) is 1. The van der Waals surface area contributed by atoms with Crippen molar-refractivity contribution < 1.29 is 8.42 Å². The summed E-state index contributed by atoms with van der Waals surface area (Å²) in [6, 6.07) is 7.24. The normalized spacial score (nSPS) is 21.1. The van der Waals surface area contributed by atoms with Gasteiger partial charge in [0.15, 0.2) is 5.96 Å². The zero-order valence-electron chi connectivity index (χ0n) is 13.6. The average molecular weight is 347 g/mol. The second-order valence-corrected chi connectivity index (χ2v) is 8.60. The van der Waals surface area contributed by atoms with E-state index in [0.29, 0.717) is 43.3 Å². The van der Waals surface area contributed by atoms with Crippen LogP contribution in [0.4, 0.5) is 0 Å². The molecule has 1 aromatic carbocycles. The first kappa shape index (κ1) is 15.5. The molecule has 1 saturated heterocycles. The van der Waals surface area contributed by atoms with Crippen LogP contribution < -0.4 is 11.1 Å². The topological polar surface area (TPSA) is 92.7 Å². The van der Waals surface area contributed by atoms with Crippen molar-refractivity contribution in [3.8, 4) is 0 Å². The summed E-state index contributed by atoms with van der Waals surface area (Å²) in [6.45, 7) is 1.58. The van der Waals surface area contributed by atoms with E-state index in [2.05, 4.69) is 10.3 Å². The lowest BCUT2D eigenvalue weighted by Gasteiger charge is -2.38. The Balaban J connectivity index is 1.56. The molecule has 128 valence electrons. The van der Waals surface area contributed by atoms with Gasteiger partial charge in [-0.1, -0.05) is 0 Å². The predicted octanol–water partition coefficient (Wildman–Crippen LogP) is 0.620. The third kappa shape index (κ3) is 2.37. The molecule has 1 fully saturated rings. The minimum atomic E-state index is -3.48. The van der Waals surface area contributed by atoms with Crippen LogP contribution in [0.3, 0.4) is 0 Å². The highest BCUT2D eigenvalue weighted by molar-refractivity contribution is 7.89. The van der Waals surface area contributed by atoms with Gasteiger partial charge in [0.05, 0.1) is 17.0 Å². The maximum atomic E-state index is 13.0. The molecule has 1 spiro atoms. The zero-order chi connectivity index (χ0) is 16.9. The number of nitrogens with one attached hydrogen (secondary N) is 1. The monoisotopic (exact) mass is 347 g/mol. The second-order valence-electron chi connectivity index (χ2n) is 6.66. The van der Waals surface area contributed by atoms with Crippen molar-refractivity contribution in [1.29, 1.82) is 0 Å². The SMILES string of the molecule is Cn1ccc2cc(S(=O)(=O)N3CCC4(CC3)CN=C(N)N4)ccc21. The minimum Gasteiger partial charge on any atom is -0.370 e. The van der Waals surface area contributed by atoms with E-state index in [1.807, 2.05) is 29.9 Å². The summed E-state index contributed by atoms with van der Waals surface area (Å²) in [7, 11) is -1.53. The van der Waals surface area contributed by atoms with Crippen LogP contribution in [0.25, 0.3) is 10.9 Å². The Hall–Kier alpha value is -2.06. The lowest BCUT2D eigenvalue weighted by atomic mass is 9.89. The molecule has 0 radical (unpaired) electrons. The number of sulfonamides is 1. The van der Waals surface area contributed by atoms with E-state index in [4.69, 9.17) is 5.73 Å². The van der Waals surface area contributed by atoms with Gasteiger partial charge in [-0.2, -0.15) is 4.31 Å². The highest BCUT2D eigenvalue weighted by Gasteiger charge is 2.41. The first-order chi connectivity index (χ1) is 11.4. The van der Waals surface area contributed by atoms with Crippen LogP contribution in [0.2, 0.25) is 0 Å². The quantitative estimate of drug-likeness (QED) is 0.833. The van der Waals surface area contributed by atoms with E-state index in [0.717, 1.165) is 10.9 Å². The predicted molar refractivity (Wildman–Crippen MR) is 93.3 cm³/mol. The molecule has 2 aliphatic rings. The highest BCUT2D eigenvalue weighted by Crippen LogP contribution is 2.30. The van der Waals surface area contributed by atoms with Gasteiger partial charge in [-0.25, -0.2) is 8.42 Å². The lowest BCUT2D eigenvalue weighted by molar-refractivity contribution is 0.231. The molecular formula is C16H21N5O2S. The van der Waals surface area contributed by atoms with Crippen molar-refractivity contribution >= 4 is 26.9 Å². The fourth-order valence-electron chi connectivity index (χ4n) is 3.59. The van der Waals surface area contributed by atoms with Gasteiger partial charge in [0.2, 0.25) is 10.0 Å². The zero-order valence-corrected chi connectivity index (χ0v) is 14.4. The van der Waals surface area contributed by atoms with Crippen LogP contribution in [0.1, 0.15) is 12.8 Å². The van der Waals surface area contributed by atoms with Crippen LogP contribution in [-0.4, -0.2) is 48.4 Å². The van der Waals surface area contributed by atoms with Crippen molar-refractivity contribution in [3.63, 3.8) is 0 Å². The maximum Gasteiger partial charge on any atom is 0.243 e. The van der Waals surface area contributed by atoms with Gasteiger partial charge in [0.1, 0.15) is 0 Å². The van der Waals surface area contributed by atoms with Gasteiger partial charge in [-0.3, -0.25) is 4.99 Å². The van der Waals surface area contributed by atoms with Crippen LogP contribution in [0.5, 0.6) is 0 Å². The molecule has 0 unspecified atom stereocenters. The van der Waals surface area contributed by atoms with Crippen molar-refractivity contribution in [2.45, 2.75) is 23.3 Å². The number of fused-ring (bicyclic) bond motifs is 1. The number of aliphatic imine (C=N–C) groups is 1. The summed E-state index contributed by atoms with van der Waals surface area (Å²) in [6.07, 6.45) is 3.36. The fourth-order valence-corrected chi connectivity index (χ4v) is 5.07. The van der Waals surface area contributed by atoms with E-state index in [1.54, 1.807) is 16.4 Å². The summed E-state index contributed by atoms with van der Waals surface area (Å²) >= 11 is 0. The minimum absolute atomic E-state index is 0.167. The molecule has 0 saturated carbocycles. The fraction of sp³-hybridized carbons (Fsp3) is 0.438. The molecule has 7 nitrogen and oxygen atoms in total. The largest absolute Gasteiger partial charge is 0.370 e. The van der Waals surface area contributed by atoms with Crippen molar-refractivity contribution in [2.75, 3.05) is 19.6 Å².